The highest BCUT2D eigenvalue weighted by molar-refractivity contribution is 5.67. The first-order chi connectivity index (χ1) is 9.51. The predicted molar refractivity (Wildman–Crippen MR) is 85.2 cm³/mol. The van der Waals surface area contributed by atoms with Crippen LogP contribution in [0.1, 0.15) is 43.6 Å². The number of nitrogens with one attached hydrogen (secondary N) is 1. The van der Waals surface area contributed by atoms with Crippen LogP contribution in [-0.2, 0) is 0 Å². The normalized spacial score (nSPS) is 10.9. The molecule has 0 aliphatic carbocycles. The maximum atomic E-state index is 4.74. The van der Waals surface area contributed by atoms with E-state index in [0.717, 1.165) is 23.9 Å². The van der Waals surface area contributed by atoms with Crippen LogP contribution in [0.3, 0.4) is 0 Å². The zero-order chi connectivity index (χ0) is 14.7. The van der Waals surface area contributed by atoms with Crippen molar-refractivity contribution in [2.45, 2.75) is 40.5 Å². The van der Waals surface area contributed by atoms with E-state index in [-0.39, 0.29) is 0 Å². The quantitative estimate of drug-likeness (QED) is 0.898. The maximum Gasteiger partial charge on any atom is 0.133 e. The summed E-state index contributed by atoms with van der Waals surface area (Å²) in [5.74, 6) is 2.11. The topological polar surface area (TPSA) is 37.8 Å². The van der Waals surface area contributed by atoms with Gasteiger partial charge < -0.3 is 5.32 Å². The minimum absolute atomic E-state index is 0.317. The Labute approximate surface area is 121 Å². The summed E-state index contributed by atoms with van der Waals surface area (Å²) in [6.45, 7) is 11.4. The van der Waals surface area contributed by atoms with Crippen LogP contribution in [0.15, 0.2) is 24.3 Å². The van der Waals surface area contributed by atoms with Crippen molar-refractivity contribution in [2.24, 2.45) is 0 Å². The second-order valence-corrected chi connectivity index (χ2v) is 5.50. The van der Waals surface area contributed by atoms with Gasteiger partial charge in [0.15, 0.2) is 0 Å². The molecule has 1 heterocycles. The fourth-order valence-corrected chi connectivity index (χ4v) is 2.15. The van der Waals surface area contributed by atoms with Gasteiger partial charge in [-0.3, -0.25) is 0 Å². The standard InChI is InChI=1S/C17H23N3/c1-6-18-16-10-15(19-17(20-16)11(2)3)14-9-12(4)7-8-13(14)5/h7-11H,6H2,1-5H3,(H,18,19,20). The van der Waals surface area contributed by atoms with Gasteiger partial charge in [0, 0.05) is 24.1 Å². The molecule has 0 saturated heterocycles. The van der Waals surface area contributed by atoms with Gasteiger partial charge in [-0.25, -0.2) is 9.97 Å². The van der Waals surface area contributed by atoms with E-state index < -0.39 is 0 Å². The summed E-state index contributed by atoms with van der Waals surface area (Å²) >= 11 is 0. The second kappa shape index (κ2) is 6.04. The average Bonchev–Trinajstić information content (AvgIpc) is 2.41. The van der Waals surface area contributed by atoms with E-state index in [0.29, 0.717) is 5.92 Å². The van der Waals surface area contributed by atoms with Gasteiger partial charge in [-0.2, -0.15) is 0 Å². The average molecular weight is 269 g/mol. The van der Waals surface area contributed by atoms with Crippen molar-refractivity contribution >= 4 is 5.82 Å². The van der Waals surface area contributed by atoms with Crippen molar-refractivity contribution in [3.05, 3.63) is 41.2 Å². The molecule has 0 fully saturated rings. The molecule has 0 atom stereocenters. The van der Waals surface area contributed by atoms with Crippen LogP contribution in [0.5, 0.6) is 0 Å². The van der Waals surface area contributed by atoms with Gasteiger partial charge in [-0.1, -0.05) is 31.5 Å². The van der Waals surface area contributed by atoms with E-state index in [1.807, 2.05) is 6.07 Å². The van der Waals surface area contributed by atoms with Crippen LogP contribution >= 0.6 is 0 Å². The van der Waals surface area contributed by atoms with Crippen molar-refractivity contribution in [1.82, 2.24) is 9.97 Å². The molecule has 0 aliphatic rings. The number of hydrogen-bond donors (Lipinski definition) is 1. The number of hydrogen-bond acceptors (Lipinski definition) is 3. The Kier molecular flexibility index (Phi) is 4.38. The largest absolute Gasteiger partial charge is 0.370 e. The molecule has 1 N–H and O–H groups in total. The molecule has 0 bridgehead atoms. The molecular formula is C17H23N3. The molecule has 1 aromatic heterocycles. The molecule has 2 aromatic rings. The van der Waals surface area contributed by atoms with Crippen LogP contribution in [0.25, 0.3) is 11.3 Å². The Bertz CT molecular complexity index is 603. The van der Waals surface area contributed by atoms with Crippen molar-refractivity contribution in [3.63, 3.8) is 0 Å². The van der Waals surface area contributed by atoms with Crippen LogP contribution in [0.2, 0.25) is 0 Å². The number of rotatable bonds is 4. The summed E-state index contributed by atoms with van der Waals surface area (Å²) in [6, 6.07) is 8.51. The van der Waals surface area contributed by atoms with Crippen molar-refractivity contribution in [1.29, 1.82) is 0 Å². The van der Waals surface area contributed by atoms with Crippen molar-refractivity contribution in [2.75, 3.05) is 11.9 Å². The van der Waals surface area contributed by atoms with E-state index in [1.165, 1.54) is 16.7 Å². The van der Waals surface area contributed by atoms with Crippen LogP contribution in [0.4, 0.5) is 5.82 Å². The van der Waals surface area contributed by atoms with Crippen LogP contribution < -0.4 is 5.32 Å². The SMILES string of the molecule is CCNc1cc(-c2cc(C)ccc2C)nc(C(C)C)n1. The summed E-state index contributed by atoms with van der Waals surface area (Å²) in [4.78, 5) is 9.31. The number of aryl methyl sites for hydroxylation is 2. The molecule has 3 nitrogen and oxygen atoms in total. The third-order valence-electron chi connectivity index (χ3n) is 3.29. The molecule has 0 saturated carbocycles. The summed E-state index contributed by atoms with van der Waals surface area (Å²) in [7, 11) is 0. The van der Waals surface area contributed by atoms with Gasteiger partial charge in [-0.15, -0.1) is 0 Å². The van der Waals surface area contributed by atoms with Gasteiger partial charge in [0.05, 0.1) is 5.69 Å². The van der Waals surface area contributed by atoms with Gasteiger partial charge in [-0.05, 0) is 32.4 Å². The lowest BCUT2D eigenvalue weighted by molar-refractivity contribution is 0.776. The Morgan fingerprint density at radius 3 is 2.50 bits per heavy atom. The fourth-order valence-electron chi connectivity index (χ4n) is 2.15. The second-order valence-electron chi connectivity index (χ2n) is 5.50. The van der Waals surface area contributed by atoms with E-state index in [4.69, 9.17) is 4.98 Å². The predicted octanol–water partition coefficient (Wildman–Crippen LogP) is 4.32. The van der Waals surface area contributed by atoms with E-state index >= 15 is 0 Å². The number of aromatic nitrogens is 2. The zero-order valence-electron chi connectivity index (χ0n) is 13.0. The van der Waals surface area contributed by atoms with E-state index in [2.05, 4.69) is 63.1 Å². The summed E-state index contributed by atoms with van der Waals surface area (Å²) in [6.07, 6.45) is 0. The Morgan fingerprint density at radius 2 is 1.85 bits per heavy atom. The number of nitrogens with zero attached hydrogens (tertiary/aromatic N) is 2. The molecule has 0 unspecified atom stereocenters. The first kappa shape index (κ1) is 14.5. The third-order valence-corrected chi connectivity index (χ3v) is 3.29. The Morgan fingerprint density at radius 1 is 1.10 bits per heavy atom. The minimum Gasteiger partial charge on any atom is -0.370 e. The highest BCUT2D eigenvalue weighted by Gasteiger charge is 2.11. The van der Waals surface area contributed by atoms with Gasteiger partial charge >= 0.3 is 0 Å². The van der Waals surface area contributed by atoms with Crippen molar-refractivity contribution in [3.8, 4) is 11.3 Å². The van der Waals surface area contributed by atoms with Gasteiger partial charge in [0.2, 0.25) is 0 Å². The van der Waals surface area contributed by atoms with Gasteiger partial charge in [0.1, 0.15) is 11.6 Å². The monoisotopic (exact) mass is 269 g/mol. The lowest BCUT2D eigenvalue weighted by atomic mass is 10.0. The molecule has 20 heavy (non-hydrogen) atoms. The van der Waals surface area contributed by atoms with Crippen LogP contribution in [0, 0.1) is 13.8 Å². The van der Waals surface area contributed by atoms with E-state index in [9.17, 15) is 0 Å². The zero-order valence-corrected chi connectivity index (χ0v) is 13.0. The highest BCUT2D eigenvalue weighted by atomic mass is 15.0. The molecule has 0 spiro atoms. The molecular weight excluding hydrogens is 246 g/mol. The Balaban J connectivity index is 2.57. The molecule has 2 rings (SSSR count). The summed E-state index contributed by atoms with van der Waals surface area (Å²) in [5.41, 5.74) is 4.68. The Hall–Kier alpha value is -1.90. The smallest absolute Gasteiger partial charge is 0.133 e. The molecule has 0 aliphatic heterocycles. The molecule has 106 valence electrons. The lowest BCUT2D eigenvalue weighted by Crippen LogP contribution is -2.06. The number of benzene rings is 1. The molecule has 3 heteroatoms. The first-order valence-corrected chi connectivity index (χ1v) is 7.21. The number of anilines is 1. The van der Waals surface area contributed by atoms with Crippen LogP contribution in [-0.4, -0.2) is 16.5 Å². The van der Waals surface area contributed by atoms with Crippen molar-refractivity contribution < 1.29 is 0 Å². The highest BCUT2D eigenvalue weighted by Crippen LogP contribution is 2.26. The fraction of sp³-hybridized carbons (Fsp3) is 0.412. The lowest BCUT2D eigenvalue weighted by Gasteiger charge is -2.13. The third kappa shape index (κ3) is 3.16. The summed E-state index contributed by atoms with van der Waals surface area (Å²) < 4.78 is 0. The summed E-state index contributed by atoms with van der Waals surface area (Å²) in [5, 5.41) is 3.30. The van der Waals surface area contributed by atoms with E-state index in [1.54, 1.807) is 0 Å². The minimum atomic E-state index is 0.317. The molecule has 0 amide bonds. The first-order valence-electron chi connectivity index (χ1n) is 7.21. The van der Waals surface area contributed by atoms with Gasteiger partial charge in [0.25, 0.3) is 0 Å². The molecule has 1 aromatic carbocycles. The maximum absolute atomic E-state index is 4.74. The molecule has 0 radical (unpaired) electrons.